The summed E-state index contributed by atoms with van der Waals surface area (Å²) in [6.07, 6.45) is 0. The van der Waals surface area contributed by atoms with Crippen LogP contribution in [0.4, 0.5) is 0 Å². The maximum Gasteiger partial charge on any atom is 0.325 e. The molecule has 0 radical (unpaired) electrons. The zero-order valence-electron chi connectivity index (χ0n) is 11.2. The Morgan fingerprint density at radius 2 is 1.88 bits per heavy atom. The molecular formula is C11H23N3O3. The summed E-state index contributed by atoms with van der Waals surface area (Å²) in [5, 5.41) is 5.74. The topological polar surface area (TPSA) is 93.8 Å². The summed E-state index contributed by atoms with van der Waals surface area (Å²) < 4.78 is 5.20. The molecule has 0 bridgehead atoms. The lowest BCUT2D eigenvalue weighted by Gasteiger charge is -2.33. The molecule has 6 nitrogen and oxygen atoms in total. The van der Waals surface area contributed by atoms with Gasteiger partial charge in [-0.25, -0.2) is 0 Å². The van der Waals surface area contributed by atoms with Crippen LogP contribution in [0, 0.1) is 4.91 Å². The van der Waals surface area contributed by atoms with E-state index in [1.807, 2.05) is 0 Å². The van der Waals surface area contributed by atoms with E-state index in [0.29, 0.717) is 6.54 Å². The Hall–Kier alpha value is -1.01. The molecule has 0 aromatic carbocycles. The van der Waals surface area contributed by atoms with Crippen LogP contribution in [0.15, 0.2) is 5.18 Å². The van der Waals surface area contributed by atoms with Crippen LogP contribution in [0.1, 0.15) is 34.6 Å². The van der Waals surface area contributed by atoms with Crippen molar-refractivity contribution in [1.82, 2.24) is 5.32 Å². The highest BCUT2D eigenvalue weighted by atomic mass is 16.6. The van der Waals surface area contributed by atoms with Crippen molar-refractivity contribution in [2.75, 3.05) is 13.1 Å². The first kappa shape index (κ1) is 16.0. The standard InChI is InChI=1S/C11H23N3O3/c1-10(2,3)17-9(15)8(12)11(4,5)13-6-7-14-16/h8,13H,6-7,12H2,1-5H3. The van der Waals surface area contributed by atoms with E-state index in [1.165, 1.54) is 0 Å². The highest BCUT2D eigenvalue weighted by molar-refractivity contribution is 5.77. The minimum Gasteiger partial charge on any atom is -0.459 e. The molecule has 0 fully saturated rings. The van der Waals surface area contributed by atoms with Crippen molar-refractivity contribution in [1.29, 1.82) is 0 Å². The molecule has 0 aliphatic rings. The second-order valence-corrected chi connectivity index (χ2v) is 5.51. The number of nitrogens with zero attached hydrogens (tertiary/aromatic N) is 1. The average Bonchev–Trinajstić information content (AvgIpc) is 2.14. The zero-order chi connectivity index (χ0) is 13.7. The molecule has 1 unspecified atom stereocenters. The van der Waals surface area contributed by atoms with Gasteiger partial charge in [-0.05, 0) is 34.6 Å². The molecule has 1 atom stereocenters. The van der Waals surface area contributed by atoms with Crippen molar-refractivity contribution in [3.63, 3.8) is 0 Å². The summed E-state index contributed by atoms with van der Waals surface area (Å²) in [5.74, 6) is -0.464. The lowest BCUT2D eigenvalue weighted by Crippen LogP contribution is -2.59. The predicted octanol–water partition coefficient (Wildman–Crippen LogP) is 0.790. The maximum atomic E-state index is 11.8. The molecule has 0 rings (SSSR count). The van der Waals surface area contributed by atoms with Gasteiger partial charge in [-0.3, -0.25) is 4.79 Å². The van der Waals surface area contributed by atoms with E-state index in [0.717, 1.165) is 0 Å². The van der Waals surface area contributed by atoms with Crippen LogP contribution >= 0.6 is 0 Å². The van der Waals surface area contributed by atoms with Crippen LogP contribution < -0.4 is 11.1 Å². The van der Waals surface area contributed by atoms with Crippen LogP contribution in [-0.2, 0) is 9.53 Å². The summed E-state index contributed by atoms with van der Waals surface area (Å²) >= 11 is 0. The number of nitrogens with one attached hydrogen (secondary N) is 1. The fourth-order valence-electron chi connectivity index (χ4n) is 1.19. The molecule has 6 heteroatoms. The lowest BCUT2D eigenvalue weighted by atomic mass is 9.95. The molecule has 100 valence electrons. The Morgan fingerprint density at radius 1 is 1.35 bits per heavy atom. The summed E-state index contributed by atoms with van der Waals surface area (Å²) in [6, 6.07) is -0.798. The largest absolute Gasteiger partial charge is 0.459 e. The van der Waals surface area contributed by atoms with Crippen molar-refractivity contribution in [3.05, 3.63) is 4.91 Å². The number of rotatable bonds is 6. The smallest absolute Gasteiger partial charge is 0.325 e. The molecule has 0 spiro atoms. The minimum absolute atomic E-state index is 0.143. The van der Waals surface area contributed by atoms with Crippen LogP contribution in [0.5, 0.6) is 0 Å². The number of hydrogen-bond donors (Lipinski definition) is 2. The molecule has 0 aliphatic carbocycles. The summed E-state index contributed by atoms with van der Waals surface area (Å²) in [4.78, 5) is 21.7. The molecule has 3 N–H and O–H groups in total. The molecule has 0 aliphatic heterocycles. The normalized spacial score (nSPS) is 14.2. The third kappa shape index (κ3) is 6.33. The fraction of sp³-hybridized carbons (Fsp3) is 0.909. The first-order chi connectivity index (χ1) is 7.60. The van der Waals surface area contributed by atoms with Crippen LogP contribution in [-0.4, -0.2) is 36.2 Å². The summed E-state index contributed by atoms with van der Waals surface area (Å²) in [5.41, 5.74) is 4.63. The van der Waals surface area contributed by atoms with Gasteiger partial charge in [0, 0.05) is 12.1 Å². The molecule has 0 aromatic heterocycles. The van der Waals surface area contributed by atoms with Gasteiger partial charge in [0.25, 0.3) is 0 Å². The third-order valence-corrected chi connectivity index (χ3v) is 2.22. The van der Waals surface area contributed by atoms with E-state index in [9.17, 15) is 9.70 Å². The van der Waals surface area contributed by atoms with E-state index in [2.05, 4.69) is 10.5 Å². The monoisotopic (exact) mass is 245 g/mol. The predicted molar refractivity (Wildman–Crippen MR) is 66.6 cm³/mol. The number of ether oxygens (including phenoxy) is 1. The average molecular weight is 245 g/mol. The van der Waals surface area contributed by atoms with E-state index < -0.39 is 23.2 Å². The van der Waals surface area contributed by atoms with E-state index >= 15 is 0 Å². The van der Waals surface area contributed by atoms with Gasteiger partial charge in [0.1, 0.15) is 11.6 Å². The van der Waals surface area contributed by atoms with Gasteiger partial charge in [0.15, 0.2) is 0 Å². The van der Waals surface area contributed by atoms with Gasteiger partial charge in [-0.1, -0.05) is 5.18 Å². The fourth-order valence-corrected chi connectivity index (χ4v) is 1.19. The Labute approximate surface area is 102 Å². The number of carbonyl (C=O) groups excluding carboxylic acids is 1. The summed E-state index contributed by atoms with van der Waals surface area (Å²) in [7, 11) is 0. The maximum absolute atomic E-state index is 11.8. The van der Waals surface area contributed by atoms with Crippen LogP contribution in [0.2, 0.25) is 0 Å². The van der Waals surface area contributed by atoms with Gasteiger partial charge < -0.3 is 15.8 Å². The van der Waals surface area contributed by atoms with Gasteiger partial charge >= 0.3 is 5.97 Å². The first-order valence-corrected chi connectivity index (χ1v) is 5.63. The Morgan fingerprint density at radius 3 is 2.29 bits per heavy atom. The molecule has 0 heterocycles. The molecule has 0 amide bonds. The number of hydrogen-bond acceptors (Lipinski definition) is 6. The molecule has 0 saturated carbocycles. The second kappa shape index (κ2) is 6.07. The quantitative estimate of drug-likeness (QED) is 0.410. The Kier molecular flexibility index (Phi) is 5.71. The second-order valence-electron chi connectivity index (χ2n) is 5.51. The van der Waals surface area contributed by atoms with Gasteiger partial charge in [0.2, 0.25) is 0 Å². The molecule has 17 heavy (non-hydrogen) atoms. The first-order valence-electron chi connectivity index (χ1n) is 5.63. The molecule has 0 saturated heterocycles. The highest BCUT2D eigenvalue weighted by Gasteiger charge is 2.34. The van der Waals surface area contributed by atoms with Gasteiger partial charge in [0.05, 0.1) is 6.54 Å². The number of nitroso groups, excluding NO2 is 1. The lowest BCUT2D eigenvalue weighted by molar-refractivity contribution is -0.158. The van der Waals surface area contributed by atoms with Gasteiger partial charge in [-0.2, -0.15) is 4.91 Å². The SMILES string of the molecule is CC(C)(C)OC(=O)C(N)C(C)(C)NCCN=O. The van der Waals surface area contributed by atoms with E-state index in [4.69, 9.17) is 10.5 Å². The number of carbonyl (C=O) groups is 1. The molecule has 0 aromatic rings. The zero-order valence-corrected chi connectivity index (χ0v) is 11.2. The summed E-state index contributed by atoms with van der Waals surface area (Å²) in [6.45, 7) is 9.45. The van der Waals surface area contributed by atoms with Crippen molar-refractivity contribution in [2.24, 2.45) is 10.9 Å². The Balaban J connectivity index is 4.40. The van der Waals surface area contributed by atoms with E-state index in [1.54, 1.807) is 34.6 Å². The van der Waals surface area contributed by atoms with Crippen LogP contribution in [0.3, 0.4) is 0 Å². The number of esters is 1. The minimum atomic E-state index is -0.798. The number of nitrogens with two attached hydrogens (primary N) is 1. The van der Waals surface area contributed by atoms with Crippen molar-refractivity contribution < 1.29 is 9.53 Å². The third-order valence-electron chi connectivity index (χ3n) is 2.22. The van der Waals surface area contributed by atoms with Crippen LogP contribution in [0.25, 0.3) is 0 Å². The van der Waals surface area contributed by atoms with Crippen molar-refractivity contribution in [3.8, 4) is 0 Å². The molecular weight excluding hydrogens is 222 g/mol. The van der Waals surface area contributed by atoms with Crippen molar-refractivity contribution >= 4 is 5.97 Å². The van der Waals surface area contributed by atoms with E-state index in [-0.39, 0.29) is 6.54 Å². The highest BCUT2D eigenvalue weighted by Crippen LogP contribution is 2.13. The van der Waals surface area contributed by atoms with Gasteiger partial charge in [-0.15, -0.1) is 0 Å². The van der Waals surface area contributed by atoms with Crippen molar-refractivity contribution in [2.45, 2.75) is 51.8 Å². The Bertz CT molecular complexity index is 272.